The number of hydrogen-bond donors (Lipinski definition) is 1. The molecular formula is C12H21N3S. The summed E-state index contributed by atoms with van der Waals surface area (Å²) in [6, 6.07) is 6.52. The zero-order valence-corrected chi connectivity index (χ0v) is 11.1. The van der Waals surface area contributed by atoms with Crippen molar-refractivity contribution in [2.45, 2.75) is 25.9 Å². The van der Waals surface area contributed by atoms with Crippen LogP contribution in [0.5, 0.6) is 0 Å². The van der Waals surface area contributed by atoms with Crippen LogP contribution in [0.3, 0.4) is 0 Å². The molecule has 1 aromatic heterocycles. The molecule has 0 aliphatic carbocycles. The summed E-state index contributed by atoms with van der Waals surface area (Å²) in [6.45, 7) is 2.73. The summed E-state index contributed by atoms with van der Waals surface area (Å²) in [4.78, 5) is 6.73. The second-order valence-corrected chi connectivity index (χ2v) is 4.92. The first-order valence-corrected chi connectivity index (χ1v) is 6.96. The van der Waals surface area contributed by atoms with Crippen molar-refractivity contribution in [3.63, 3.8) is 0 Å². The molecule has 0 spiro atoms. The number of hydrogen-bond acceptors (Lipinski definition) is 4. The molecule has 0 aliphatic heterocycles. The third-order valence-corrected chi connectivity index (χ3v) is 3.41. The number of aromatic nitrogens is 1. The van der Waals surface area contributed by atoms with Gasteiger partial charge < -0.3 is 10.6 Å². The minimum absolute atomic E-state index is 0.501. The molecule has 1 atom stereocenters. The van der Waals surface area contributed by atoms with Crippen LogP contribution in [0.25, 0.3) is 0 Å². The summed E-state index contributed by atoms with van der Waals surface area (Å²) in [5.74, 6) is 2.19. The highest BCUT2D eigenvalue weighted by Gasteiger charge is 2.10. The topological polar surface area (TPSA) is 42.1 Å². The number of rotatable bonds is 6. The summed E-state index contributed by atoms with van der Waals surface area (Å²) in [5, 5.41) is 0. The van der Waals surface area contributed by atoms with Gasteiger partial charge in [0.1, 0.15) is 5.82 Å². The van der Waals surface area contributed by atoms with E-state index in [2.05, 4.69) is 30.1 Å². The van der Waals surface area contributed by atoms with E-state index < -0.39 is 0 Å². The molecule has 2 N–H and O–H groups in total. The van der Waals surface area contributed by atoms with Crippen molar-refractivity contribution >= 4 is 17.6 Å². The quantitative estimate of drug-likeness (QED) is 0.825. The standard InChI is InChI=1S/C12H21N3S/c1-10(7-8-16-3)15(2)12-6-4-5-11(9-13)14-12/h4-6,10H,7-9,13H2,1-3H3. The highest BCUT2D eigenvalue weighted by atomic mass is 32.2. The fraction of sp³-hybridized carbons (Fsp3) is 0.583. The van der Waals surface area contributed by atoms with Crippen LogP contribution < -0.4 is 10.6 Å². The minimum Gasteiger partial charge on any atom is -0.357 e. The molecule has 90 valence electrons. The third-order valence-electron chi connectivity index (χ3n) is 2.76. The molecule has 1 rings (SSSR count). The lowest BCUT2D eigenvalue weighted by Gasteiger charge is -2.26. The molecule has 0 aromatic carbocycles. The van der Waals surface area contributed by atoms with Crippen LogP contribution in [0.1, 0.15) is 19.0 Å². The summed E-state index contributed by atoms with van der Waals surface area (Å²) < 4.78 is 0. The fourth-order valence-electron chi connectivity index (χ4n) is 1.48. The first-order chi connectivity index (χ1) is 7.69. The Bertz CT molecular complexity index is 317. The maximum absolute atomic E-state index is 5.59. The Balaban J connectivity index is 2.67. The molecule has 4 heteroatoms. The molecule has 3 nitrogen and oxygen atoms in total. The molecule has 0 saturated carbocycles. The van der Waals surface area contributed by atoms with E-state index in [-0.39, 0.29) is 0 Å². The van der Waals surface area contributed by atoms with Crippen molar-refractivity contribution in [3.8, 4) is 0 Å². The Hall–Kier alpha value is -0.740. The average Bonchev–Trinajstić information content (AvgIpc) is 2.35. The lowest BCUT2D eigenvalue weighted by molar-refractivity contribution is 0.660. The van der Waals surface area contributed by atoms with Gasteiger partial charge >= 0.3 is 0 Å². The largest absolute Gasteiger partial charge is 0.357 e. The zero-order valence-electron chi connectivity index (χ0n) is 10.3. The van der Waals surface area contributed by atoms with Gasteiger partial charge in [-0.25, -0.2) is 4.98 Å². The van der Waals surface area contributed by atoms with Crippen LogP contribution in [-0.4, -0.2) is 30.1 Å². The van der Waals surface area contributed by atoms with Crippen molar-refractivity contribution in [3.05, 3.63) is 23.9 Å². The van der Waals surface area contributed by atoms with Crippen molar-refractivity contribution < 1.29 is 0 Å². The predicted molar refractivity (Wildman–Crippen MR) is 73.0 cm³/mol. The number of thioether (sulfide) groups is 1. The van der Waals surface area contributed by atoms with Gasteiger partial charge in [-0.1, -0.05) is 6.07 Å². The summed E-state index contributed by atoms with van der Waals surface area (Å²) in [7, 11) is 2.09. The Labute approximate surface area is 102 Å². The van der Waals surface area contributed by atoms with Crippen LogP contribution in [0.2, 0.25) is 0 Å². The zero-order chi connectivity index (χ0) is 12.0. The maximum Gasteiger partial charge on any atom is 0.128 e. The van der Waals surface area contributed by atoms with Gasteiger partial charge in [0.2, 0.25) is 0 Å². The monoisotopic (exact) mass is 239 g/mol. The Morgan fingerprint density at radius 1 is 1.50 bits per heavy atom. The summed E-state index contributed by atoms with van der Waals surface area (Å²) in [6.07, 6.45) is 3.31. The van der Waals surface area contributed by atoms with Crippen LogP contribution >= 0.6 is 11.8 Å². The van der Waals surface area contributed by atoms with Crippen LogP contribution in [-0.2, 0) is 6.54 Å². The molecule has 0 amide bonds. The third kappa shape index (κ3) is 3.68. The minimum atomic E-state index is 0.501. The van der Waals surface area contributed by atoms with Gasteiger partial charge in [-0.3, -0.25) is 0 Å². The van der Waals surface area contributed by atoms with E-state index in [1.54, 1.807) is 0 Å². The van der Waals surface area contributed by atoms with E-state index in [4.69, 9.17) is 5.73 Å². The van der Waals surface area contributed by atoms with Gasteiger partial charge in [-0.2, -0.15) is 11.8 Å². The van der Waals surface area contributed by atoms with Crippen molar-refractivity contribution in [1.29, 1.82) is 0 Å². The Kier molecular flexibility index (Phi) is 5.63. The molecule has 1 heterocycles. The Morgan fingerprint density at radius 2 is 2.25 bits per heavy atom. The lowest BCUT2D eigenvalue weighted by Crippen LogP contribution is -2.30. The predicted octanol–water partition coefficient (Wildman–Crippen LogP) is 2.12. The smallest absolute Gasteiger partial charge is 0.128 e. The highest BCUT2D eigenvalue weighted by molar-refractivity contribution is 7.98. The van der Waals surface area contributed by atoms with Gasteiger partial charge in [0.05, 0.1) is 5.69 Å². The van der Waals surface area contributed by atoms with E-state index in [1.807, 2.05) is 30.0 Å². The average molecular weight is 239 g/mol. The summed E-state index contributed by atoms with van der Waals surface area (Å²) >= 11 is 1.88. The van der Waals surface area contributed by atoms with E-state index in [0.29, 0.717) is 12.6 Å². The second-order valence-electron chi connectivity index (χ2n) is 3.93. The molecule has 1 aromatic rings. The maximum atomic E-state index is 5.59. The van der Waals surface area contributed by atoms with Gasteiger partial charge in [-0.15, -0.1) is 0 Å². The molecule has 0 fully saturated rings. The van der Waals surface area contributed by atoms with Gasteiger partial charge in [-0.05, 0) is 37.5 Å². The number of nitrogens with two attached hydrogens (primary N) is 1. The van der Waals surface area contributed by atoms with Crippen molar-refractivity contribution in [1.82, 2.24) is 4.98 Å². The van der Waals surface area contributed by atoms with Crippen LogP contribution in [0.15, 0.2) is 18.2 Å². The molecule has 1 unspecified atom stereocenters. The van der Waals surface area contributed by atoms with Gasteiger partial charge in [0.25, 0.3) is 0 Å². The lowest BCUT2D eigenvalue weighted by atomic mass is 10.2. The molecule has 0 saturated heterocycles. The first-order valence-electron chi connectivity index (χ1n) is 5.56. The molecule has 0 bridgehead atoms. The highest BCUT2D eigenvalue weighted by Crippen LogP contribution is 2.15. The van der Waals surface area contributed by atoms with Gasteiger partial charge in [0, 0.05) is 19.6 Å². The van der Waals surface area contributed by atoms with E-state index >= 15 is 0 Å². The Morgan fingerprint density at radius 3 is 2.88 bits per heavy atom. The van der Waals surface area contributed by atoms with Crippen LogP contribution in [0, 0.1) is 0 Å². The molecule has 16 heavy (non-hydrogen) atoms. The normalized spacial score (nSPS) is 12.5. The fourth-order valence-corrected chi connectivity index (χ4v) is 2.06. The second kappa shape index (κ2) is 6.76. The molecular weight excluding hydrogens is 218 g/mol. The van der Waals surface area contributed by atoms with Crippen LogP contribution in [0.4, 0.5) is 5.82 Å². The van der Waals surface area contributed by atoms with E-state index in [0.717, 1.165) is 11.5 Å². The number of anilines is 1. The van der Waals surface area contributed by atoms with E-state index in [1.165, 1.54) is 12.2 Å². The molecule has 0 radical (unpaired) electrons. The number of pyridine rings is 1. The summed E-state index contributed by atoms with van der Waals surface area (Å²) in [5.41, 5.74) is 6.54. The molecule has 0 aliphatic rings. The first kappa shape index (κ1) is 13.3. The number of nitrogens with zero attached hydrogens (tertiary/aromatic N) is 2. The van der Waals surface area contributed by atoms with Gasteiger partial charge in [0.15, 0.2) is 0 Å². The van der Waals surface area contributed by atoms with Crippen molar-refractivity contribution in [2.75, 3.05) is 24.0 Å². The van der Waals surface area contributed by atoms with Crippen molar-refractivity contribution in [2.24, 2.45) is 5.73 Å². The SMILES string of the molecule is CSCCC(C)N(C)c1cccc(CN)n1. The van der Waals surface area contributed by atoms with E-state index in [9.17, 15) is 0 Å².